The van der Waals surface area contributed by atoms with Crippen LogP contribution in [0.15, 0.2) is 237 Å². The van der Waals surface area contributed by atoms with Gasteiger partial charge < -0.3 is 4.90 Å². The van der Waals surface area contributed by atoms with Gasteiger partial charge in [0.05, 0.1) is 5.41 Å². The Morgan fingerprint density at radius 3 is 1.40 bits per heavy atom. The van der Waals surface area contributed by atoms with Crippen molar-refractivity contribution in [1.29, 1.82) is 0 Å². The third-order valence-corrected chi connectivity index (χ3v) is 12.9. The standard InChI is InChI=1S/C59H39N/c1-3-13-40(14-4-1)43-27-34-56-55-21-11-12-22-57(55)59(58(56)39-43,46-17-5-2-6-18-46)47-28-30-48(31-29-47)60(49-32-35-53-44(37-49)25-23-41-15-7-9-19-51(41)53)50-33-36-54-45(38-50)26-24-42-16-8-10-20-52(42)54/h1-39H. The lowest BCUT2D eigenvalue weighted by Gasteiger charge is -2.35. The first-order valence-electron chi connectivity index (χ1n) is 20.8. The van der Waals surface area contributed by atoms with E-state index in [4.69, 9.17) is 0 Å². The van der Waals surface area contributed by atoms with Gasteiger partial charge in [-0.25, -0.2) is 0 Å². The van der Waals surface area contributed by atoms with Crippen molar-refractivity contribution in [2.24, 2.45) is 0 Å². The largest absolute Gasteiger partial charge is 0.310 e. The summed E-state index contributed by atoms with van der Waals surface area (Å²) in [7, 11) is 0. The SMILES string of the molecule is c1ccc(-c2ccc3c(c2)C(c2ccccc2)(c2ccc(N(c4ccc5c(ccc6ccccc65)c4)c4ccc5c(ccc6ccccc65)c4)cc2)c2ccccc2-3)cc1. The molecule has 0 fully saturated rings. The average Bonchev–Trinajstić information content (AvgIpc) is 3.62. The Kier molecular flexibility index (Phi) is 7.83. The van der Waals surface area contributed by atoms with E-state index in [1.165, 1.54) is 87.6 Å². The summed E-state index contributed by atoms with van der Waals surface area (Å²) < 4.78 is 0. The molecule has 0 aliphatic heterocycles. The van der Waals surface area contributed by atoms with Crippen LogP contribution in [0.4, 0.5) is 17.1 Å². The molecule has 0 amide bonds. The zero-order valence-electron chi connectivity index (χ0n) is 33.0. The highest BCUT2D eigenvalue weighted by atomic mass is 15.1. The van der Waals surface area contributed by atoms with Crippen LogP contribution >= 0.6 is 0 Å². The molecular formula is C59H39N. The molecule has 60 heavy (non-hydrogen) atoms. The summed E-state index contributed by atoms with van der Waals surface area (Å²) in [4.78, 5) is 2.42. The van der Waals surface area contributed by atoms with E-state index in [0.717, 1.165) is 17.1 Å². The van der Waals surface area contributed by atoms with E-state index in [1.807, 2.05) is 0 Å². The Balaban J connectivity index is 1.07. The Hall–Kier alpha value is -7.74. The van der Waals surface area contributed by atoms with Crippen molar-refractivity contribution in [2.45, 2.75) is 5.41 Å². The van der Waals surface area contributed by atoms with E-state index in [2.05, 4.69) is 241 Å². The van der Waals surface area contributed by atoms with E-state index in [1.54, 1.807) is 0 Å². The topological polar surface area (TPSA) is 3.24 Å². The van der Waals surface area contributed by atoms with Crippen molar-refractivity contribution in [3.05, 3.63) is 259 Å². The van der Waals surface area contributed by atoms with Gasteiger partial charge in [-0.1, -0.05) is 194 Å². The van der Waals surface area contributed by atoms with Crippen LogP contribution in [0.2, 0.25) is 0 Å². The molecule has 1 heteroatoms. The summed E-state index contributed by atoms with van der Waals surface area (Å²) >= 11 is 0. The first-order chi connectivity index (χ1) is 29.7. The summed E-state index contributed by atoms with van der Waals surface area (Å²) in [6.45, 7) is 0. The predicted octanol–water partition coefficient (Wildman–Crippen LogP) is 15.8. The molecule has 0 heterocycles. The average molecular weight is 762 g/mol. The lowest BCUT2D eigenvalue weighted by atomic mass is 9.67. The van der Waals surface area contributed by atoms with Crippen molar-refractivity contribution in [3.8, 4) is 22.3 Å². The molecule has 1 aliphatic carbocycles. The second-order valence-electron chi connectivity index (χ2n) is 16.1. The predicted molar refractivity (Wildman–Crippen MR) is 254 cm³/mol. The quantitative estimate of drug-likeness (QED) is 0.153. The molecule has 11 aromatic carbocycles. The normalized spacial score (nSPS) is 14.4. The summed E-state index contributed by atoms with van der Waals surface area (Å²) in [5.41, 5.74) is 12.9. The molecule has 0 spiro atoms. The van der Waals surface area contributed by atoms with Gasteiger partial charge in [0.2, 0.25) is 0 Å². The Morgan fingerprint density at radius 1 is 0.267 bits per heavy atom. The third kappa shape index (κ3) is 5.26. The van der Waals surface area contributed by atoms with Gasteiger partial charge in [-0.2, -0.15) is 0 Å². The third-order valence-electron chi connectivity index (χ3n) is 12.9. The molecule has 1 nitrogen and oxygen atoms in total. The van der Waals surface area contributed by atoms with Crippen LogP contribution in [-0.2, 0) is 5.41 Å². The fraction of sp³-hybridized carbons (Fsp3) is 0.0169. The number of nitrogens with zero attached hydrogens (tertiary/aromatic N) is 1. The van der Waals surface area contributed by atoms with Crippen LogP contribution in [0.3, 0.4) is 0 Å². The smallest absolute Gasteiger partial charge is 0.0713 e. The molecule has 280 valence electrons. The van der Waals surface area contributed by atoms with E-state index in [9.17, 15) is 0 Å². The summed E-state index contributed by atoms with van der Waals surface area (Å²) in [5.74, 6) is 0. The Morgan fingerprint density at radius 2 is 0.750 bits per heavy atom. The fourth-order valence-electron chi connectivity index (χ4n) is 10.2. The minimum Gasteiger partial charge on any atom is -0.310 e. The molecule has 11 aromatic rings. The number of hydrogen-bond acceptors (Lipinski definition) is 1. The lowest BCUT2D eigenvalue weighted by Crippen LogP contribution is -2.28. The van der Waals surface area contributed by atoms with Crippen molar-refractivity contribution in [1.82, 2.24) is 0 Å². The number of fused-ring (bicyclic) bond motifs is 9. The van der Waals surface area contributed by atoms with Crippen LogP contribution < -0.4 is 4.90 Å². The van der Waals surface area contributed by atoms with Gasteiger partial charge in [0.1, 0.15) is 0 Å². The molecule has 12 rings (SSSR count). The number of benzene rings is 11. The molecule has 0 aromatic heterocycles. The highest BCUT2D eigenvalue weighted by Crippen LogP contribution is 2.57. The van der Waals surface area contributed by atoms with Gasteiger partial charge >= 0.3 is 0 Å². The zero-order valence-corrected chi connectivity index (χ0v) is 33.0. The number of hydrogen-bond donors (Lipinski definition) is 0. The van der Waals surface area contributed by atoms with Crippen molar-refractivity contribution in [3.63, 3.8) is 0 Å². The maximum absolute atomic E-state index is 2.44. The van der Waals surface area contributed by atoms with Crippen LogP contribution in [0, 0.1) is 0 Å². The molecule has 0 N–H and O–H groups in total. The van der Waals surface area contributed by atoms with Gasteiger partial charge in [0.15, 0.2) is 0 Å². The van der Waals surface area contributed by atoms with E-state index in [-0.39, 0.29) is 0 Å². The first-order valence-corrected chi connectivity index (χ1v) is 20.8. The van der Waals surface area contributed by atoms with Gasteiger partial charge in [-0.3, -0.25) is 0 Å². The highest BCUT2D eigenvalue weighted by Gasteiger charge is 2.46. The van der Waals surface area contributed by atoms with E-state index in [0.29, 0.717) is 0 Å². The van der Waals surface area contributed by atoms with Crippen LogP contribution in [0.25, 0.3) is 65.3 Å². The molecule has 0 saturated carbocycles. The number of rotatable bonds is 6. The summed E-state index contributed by atoms with van der Waals surface area (Å²) in [5, 5.41) is 10.0. The molecule has 1 unspecified atom stereocenters. The maximum atomic E-state index is 2.44. The van der Waals surface area contributed by atoms with E-state index < -0.39 is 5.41 Å². The van der Waals surface area contributed by atoms with Gasteiger partial charge in [0, 0.05) is 17.1 Å². The fourth-order valence-corrected chi connectivity index (χ4v) is 10.2. The second-order valence-corrected chi connectivity index (χ2v) is 16.1. The van der Waals surface area contributed by atoms with Gasteiger partial charge in [-0.05, 0) is 130 Å². The van der Waals surface area contributed by atoms with Crippen LogP contribution in [0.5, 0.6) is 0 Å². The van der Waals surface area contributed by atoms with E-state index >= 15 is 0 Å². The van der Waals surface area contributed by atoms with Crippen LogP contribution in [-0.4, -0.2) is 0 Å². The molecule has 1 atom stereocenters. The second kappa shape index (κ2) is 13.7. The summed E-state index contributed by atoms with van der Waals surface area (Å²) in [6.07, 6.45) is 0. The van der Waals surface area contributed by atoms with Gasteiger partial charge in [0.25, 0.3) is 0 Å². The minimum atomic E-state index is -0.519. The summed E-state index contributed by atoms with van der Waals surface area (Å²) in [6, 6.07) is 87.5. The highest BCUT2D eigenvalue weighted by molar-refractivity contribution is 6.10. The molecule has 0 radical (unpaired) electrons. The molecule has 0 bridgehead atoms. The Labute approximate surface area is 350 Å². The van der Waals surface area contributed by atoms with Gasteiger partial charge in [-0.15, -0.1) is 0 Å². The van der Waals surface area contributed by atoms with Crippen LogP contribution in [0.1, 0.15) is 22.3 Å². The van der Waals surface area contributed by atoms with Crippen molar-refractivity contribution < 1.29 is 0 Å². The maximum Gasteiger partial charge on any atom is 0.0713 e. The zero-order chi connectivity index (χ0) is 39.6. The van der Waals surface area contributed by atoms with Crippen molar-refractivity contribution >= 4 is 60.2 Å². The number of anilines is 3. The minimum absolute atomic E-state index is 0.519. The molecule has 0 saturated heterocycles. The lowest BCUT2D eigenvalue weighted by molar-refractivity contribution is 0.769. The monoisotopic (exact) mass is 761 g/mol. The molecular weight excluding hydrogens is 723 g/mol. The Bertz CT molecular complexity index is 3300. The first kappa shape index (κ1) is 34.3. The van der Waals surface area contributed by atoms with Crippen molar-refractivity contribution in [2.75, 3.05) is 4.90 Å². The molecule has 1 aliphatic rings.